The molecular weight excluding hydrogens is 657 g/mol. The quantitative estimate of drug-likeness (QED) is 0.181. The number of rotatable bonds is 5. The van der Waals surface area contributed by atoms with Crippen molar-refractivity contribution in [3.63, 3.8) is 0 Å². The van der Waals surface area contributed by atoms with Gasteiger partial charge in [-0.2, -0.15) is 0 Å². The third-order valence-electron chi connectivity index (χ3n) is 10.1. The summed E-state index contributed by atoms with van der Waals surface area (Å²) in [6, 6.07) is 59.7. The number of fused-ring (bicyclic) bond motifs is 8. The Labute approximate surface area is 302 Å². The number of oxazole rings is 1. The van der Waals surface area contributed by atoms with E-state index in [9.17, 15) is 0 Å². The van der Waals surface area contributed by atoms with Gasteiger partial charge in [0, 0.05) is 48.6 Å². The molecule has 11 rings (SSSR count). The first-order chi connectivity index (χ1) is 25.8. The third kappa shape index (κ3) is 4.50. The Morgan fingerprint density at radius 3 is 2.06 bits per heavy atom. The first-order valence-electron chi connectivity index (χ1n) is 17.4. The van der Waals surface area contributed by atoms with Gasteiger partial charge in [0.2, 0.25) is 5.89 Å². The minimum Gasteiger partial charge on any atom is -0.456 e. The molecule has 11 aromatic rings. The molecule has 0 radical (unpaired) electrons. The van der Waals surface area contributed by atoms with Gasteiger partial charge in [0.25, 0.3) is 0 Å². The van der Waals surface area contributed by atoms with E-state index < -0.39 is 0 Å². The Hall–Kier alpha value is -6.69. The van der Waals surface area contributed by atoms with Crippen LogP contribution >= 0.6 is 11.3 Å². The molecule has 0 amide bonds. The molecule has 244 valence electrons. The maximum atomic E-state index is 6.55. The summed E-state index contributed by atoms with van der Waals surface area (Å²) in [6.45, 7) is 0. The Morgan fingerprint density at radius 1 is 0.462 bits per heavy atom. The Kier molecular flexibility index (Phi) is 6.39. The van der Waals surface area contributed by atoms with Crippen molar-refractivity contribution >= 4 is 92.4 Å². The molecule has 0 unspecified atom stereocenters. The molecule has 4 nitrogen and oxygen atoms in total. The van der Waals surface area contributed by atoms with Crippen molar-refractivity contribution in [3.05, 3.63) is 170 Å². The first kappa shape index (κ1) is 29.1. The minimum atomic E-state index is 0.569. The Balaban J connectivity index is 1.20. The van der Waals surface area contributed by atoms with Crippen LogP contribution in [0.15, 0.2) is 179 Å². The first-order valence-corrected chi connectivity index (χ1v) is 18.2. The summed E-state index contributed by atoms with van der Waals surface area (Å²) in [6.07, 6.45) is 0. The predicted molar refractivity (Wildman–Crippen MR) is 217 cm³/mol. The van der Waals surface area contributed by atoms with Crippen LogP contribution in [0.2, 0.25) is 0 Å². The molecule has 0 saturated heterocycles. The number of anilines is 3. The summed E-state index contributed by atoms with van der Waals surface area (Å²) >= 11 is 1.82. The van der Waals surface area contributed by atoms with Crippen molar-refractivity contribution in [2.75, 3.05) is 4.90 Å². The number of hydrogen-bond acceptors (Lipinski definition) is 5. The number of nitrogens with zero attached hydrogens (tertiary/aromatic N) is 2. The number of para-hydroxylation sites is 1. The van der Waals surface area contributed by atoms with Crippen LogP contribution in [0.25, 0.3) is 86.6 Å². The number of hydrogen-bond donors (Lipinski definition) is 0. The van der Waals surface area contributed by atoms with E-state index in [1.165, 1.54) is 36.5 Å². The molecule has 0 aliphatic heterocycles. The number of aromatic nitrogens is 1. The molecule has 0 atom stereocenters. The monoisotopic (exact) mass is 684 g/mol. The molecule has 3 aromatic heterocycles. The second-order valence-electron chi connectivity index (χ2n) is 13.1. The smallest absolute Gasteiger partial charge is 0.227 e. The summed E-state index contributed by atoms with van der Waals surface area (Å²) in [4.78, 5) is 7.57. The molecule has 0 saturated carbocycles. The van der Waals surface area contributed by atoms with Crippen LogP contribution in [0.3, 0.4) is 0 Å². The summed E-state index contributed by atoms with van der Waals surface area (Å²) < 4.78 is 15.6. The highest BCUT2D eigenvalue weighted by Crippen LogP contribution is 2.49. The summed E-state index contributed by atoms with van der Waals surface area (Å²) in [7, 11) is 0. The minimum absolute atomic E-state index is 0.569. The van der Waals surface area contributed by atoms with Gasteiger partial charge < -0.3 is 13.7 Å². The van der Waals surface area contributed by atoms with Gasteiger partial charge in [-0.1, -0.05) is 115 Å². The fourth-order valence-electron chi connectivity index (χ4n) is 7.70. The molecule has 0 aliphatic rings. The van der Waals surface area contributed by atoms with Crippen molar-refractivity contribution in [2.24, 2.45) is 0 Å². The molecule has 3 heterocycles. The van der Waals surface area contributed by atoms with Gasteiger partial charge in [-0.25, -0.2) is 4.98 Å². The molecule has 52 heavy (non-hydrogen) atoms. The van der Waals surface area contributed by atoms with Gasteiger partial charge in [-0.3, -0.25) is 0 Å². The van der Waals surface area contributed by atoms with Crippen LogP contribution in [-0.2, 0) is 0 Å². The zero-order valence-corrected chi connectivity index (χ0v) is 28.6. The van der Waals surface area contributed by atoms with Crippen LogP contribution in [0, 0.1) is 0 Å². The highest BCUT2D eigenvalue weighted by Gasteiger charge is 2.26. The predicted octanol–water partition coefficient (Wildman–Crippen LogP) is 14.1. The van der Waals surface area contributed by atoms with Crippen molar-refractivity contribution < 1.29 is 8.83 Å². The molecule has 0 fully saturated rings. The van der Waals surface area contributed by atoms with E-state index in [0.717, 1.165) is 55.6 Å². The highest BCUT2D eigenvalue weighted by atomic mass is 32.1. The van der Waals surface area contributed by atoms with Gasteiger partial charge in [0.15, 0.2) is 5.58 Å². The lowest BCUT2D eigenvalue weighted by molar-refractivity contribution is 0.617. The van der Waals surface area contributed by atoms with Gasteiger partial charge in [-0.15, -0.1) is 11.3 Å². The lowest BCUT2D eigenvalue weighted by Crippen LogP contribution is -2.11. The Bertz CT molecular complexity index is 3130. The lowest BCUT2D eigenvalue weighted by Gasteiger charge is -2.26. The number of benzene rings is 8. The zero-order valence-electron chi connectivity index (χ0n) is 27.8. The summed E-state index contributed by atoms with van der Waals surface area (Å²) in [5.41, 5.74) is 9.25. The molecule has 0 spiro atoms. The molecule has 8 aromatic carbocycles. The number of furan rings is 1. The second kappa shape index (κ2) is 11.4. The van der Waals surface area contributed by atoms with E-state index >= 15 is 0 Å². The van der Waals surface area contributed by atoms with E-state index in [1.807, 2.05) is 59.9 Å². The molecular formula is C47H28N2O2S. The topological polar surface area (TPSA) is 42.4 Å². The van der Waals surface area contributed by atoms with Gasteiger partial charge >= 0.3 is 0 Å². The van der Waals surface area contributed by atoms with Crippen LogP contribution in [-0.4, -0.2) is 4.98 Å². The average Bonchev–Trinajstić information content (AvgIpc) is 3.91. The highest BCUT2D eigenvalue weighted by molar-refractivity contribution is 7.25. The van der Waals surface area contributed by atoms with Crippen LogP contribution in [0.1, 0.15) is 0 Å². The average molecular weight is 685 g/mol. The molecule has 0 N–H and O–H groups in total. The van der Waals surface area contributed by atoms with Crippen LogP contribution in [0.5, 0.6) is 0 Å². The molecule has 0 aliphatic carbocycles. The van der Waals surface area contributed by atoms with Crippen molar-refractivity contribution in [3.8, 4) is 22.6 Å². The van der Waals surface area contributed by atoms with Gasteiger partial charge in [0.05, 0.1) is 11.1 Å². The number of thiophene rings is 1. The normalized spacial score (nSPS) is 11.8. The Morgan fingerprint density at radius 2 is 1.17 bits per heavy atom. The van der Waals surface area contributed by atoms with Crippen molar-refractivity contribution in [2.45, 2.75) is 0 Å². The van der Waals surface area contributed by atoms with Crippen LogP contribution in [0.4, 0.5) is 17.1 Å². The maximum Gasteiger partial charge on any atom is 0.227 e. The van der Waals surface area contributed by atoms with Crippen molar-refractivity contribution in [1.29, 1.82) is 0 Å². The summed E-state index contributed by atoms with van der Waals surface area (Å²) in [5.74, 6) is 0.569. The fraction of sp³-hybridized carbons (Fsp3) is 0. The SMILES string of the molecule is c1ccc(-c2nc3c(N(c4ccc(-c5cccc6ccccc56)cc4)c4ccc5c(c4)sc4ccccc45)c4c(cc3o2)oc2ccccc24)cc1. The maximum absolute atomic E-state index is 6.55. The van der Waals surface area contributed by atoms with Gasteiger partial charge in [-0.05, 0) is 70.4 Å². The van der Waals surface area contributed by atoms with E-state index in [-0.39, 0.29) is 0 Å². The van der Waals surface area contributed by atoms with Gasteiger partial charge in [0.1, 0.15) is 16.7 Å². The van der Waals surface area contributed by atoms with Crippen LogP contribution < -0.4 is 4.90 Å². The molecule has 0 bridgehead atoms. The van der Waals surface area contributed by atoms with E-state index in [2.05, 4.69) is 126 Å². The largest absolute Gasteiger partial charge is 0.456 e. The van der Waals surface area contributed by atoms with Crippen molar-refractivity contribution in [1.82, 2.24) is 4.98 Å². The third-order valence-corrected chi connectivity index (χ3v) is 11.2. The van der Waals surface area contributed by atoms with E-state index in [0.29, 0.717) is 11.5 Å². The second-order valence-corrected chi connectivity index (χ2v) is 14.2. The van der Waals surface area contributed by atoms with E-state index in [1.54, 1.807) is 0 Å². The summed E-state index contributed by atoms with van der Waals surface area (Å²) in [5, 5.41) is 7.00. The molecule has 5 heteroatoms. The lowest BCUT2D eigenvalue weighted by atomic mass is 9.98. The fourth-order valence-corrected chi connectivity index (χ4v) is 8.84. The van der Waals surface area contributed by atoms with E-state index in [4.69, 9.17) is 13.8 Å². The zero-order chi connectivity index (χ0) is 34.2. The standard InChI is InChI=1S/C47H28N2O2S/c1-2-12-31(13-3-1)47-48-45-41(51-47)28-40-44(38-17-6-8-19-39(38)50-40)46(45)49(33-25-26-37-36-16-7-9-20-42(36)52-43(37)27-33)32-23-21-30(22-24-32)35-18-10-14-29-11-4-5-15-34(29)35/h1-28H.